The van der Waals surface area contributed by atoms with Gasteiger partial charge in [-0.25, -0.2) is 4.79 Å². The van der Waals surface area contributed by atoms with Crippen LogP contribution in [0.4, 0.5) is 0 Å². The Morgan fingerprint density at radius 2 is 1.10 bits per heavy atom. The largest absolute Gasteiger partial charge is 0.459 e. The van der Waals surface area contributed by atoms with Gasteiger partial charge in [-0.3, -0.25) is 0 Å². The first-order valence-corrected chi connectivity index (χ1v) is 12.8. The summed E-state index contributed by atoms with van der Waals surface area (Å²) in [6, 6.07) is 31.1. The monoisotopic (exact) mass is 412 g/mol. The van der Waals surface area contributed by atoms with Gasteiger partial charge in [0.2, 0.25) is 0 Å². The molecule has 152 valence electrons. The molecule has 0 spiro atoms. The summed E-state index contributed by atoms with van der Waals surface area (Å²) in [5.74, 6) is -0.245. The highest BCUT2D eigenvalue weighted by atomic mass is 28.3. The number of carbonyl (C=O) groups is 1. The summed E-state index contributed by atoms with van der Waals surface area (Å²) in [4.78, 5) is 13.5. The van der Waals surface area contributed by atoms with E-state index < -0.39 is 8.07 Å². The number of benzene rings is 3. The van der Waals surface area contributed by atoms with Crippen molar-refractivity contribution < 1.29 is 9.53 Å². The third kappa shape index (κ3) is 3.90. The minimum Gasteiger partial charge on any atom is -0.459 e. The van der Waals surface area contributed by atoms with E-state index >= 15 is 0 Å². The lowest BCUT2D eigenvalue weighted by Crippen LogP contribution is -2.69. The molecule has 3 aromatic carbocycles. The van der Waals surface area contributed by atoms with E-state index in [1.54, 1.807) is 0 Å². The molecule has 0 saturated heterocycles. The van der Waals surface area contributed by atoms with Crippen LogP contribution in [-0.2, 0) is 9.53 Å². The van der Waals surface area contributed by atoms with Gasteiger partial charge in [0.05, 0.1) is 0 Å². The third-order valence-corrected chi connectivity index (χ3v) is 10.9. The van der Waals surface area contributed by atoms with Crippen LogP contribution in [0, 0.1) is 0 Å². The maximum absolute atomic E-state index is 13.5. The average molecular weight is 413 g/mol. The molecular weight excluding hydrogens is 384 g/mol. The minimum absolute atomic E-state index is 0.0111. The number of ether oxygens (including phenoxy) is 1. The zero-order valence-electron chi connectivity index (χ0n) is 17.3. The van der Waals surface area contributed by atoms with Gasteiger partial charge in [0.25, 0.3) is 0 Å². The first-order valence-electron chi connectivity index (χ1n) is 10.8. The first kappa shape index (κ1) is 20.4. The normalized spacial score (nSPS) is 14.8. The summed E-state index contributed by atoms with van der Waals surface area (Å²) in [7, 11) is -2.84. The zero-order valence-corrected chi connectivity index (χ0v) is 18.3. The number of hydrogen-bond acceptors (Lipinski definition) is 2. The van der Waals surface area contributed by atoms with Crippen molar-refractivity contribution in [3.05, 3.63) is 103 Å². The van der Waals surface area contributed by atoms with Crippen molar-refractivity contribution in [2.75, 3.05) is 0 Å². The van der Waals surface area contributed by atoms with Gasteiger partial charge in [0.1, 0.15) is 6.10 Å². The van der Waals surface area contributed by atoms with Crippen LogP contribution >= 0.6 is 0 Å². The fourth-order valence-electron chi connectivity index (χ4n) is 4.65. The Balaban J connectivity index is 1.86. The van der Waals surface area contributed by atoms with E-state index in [1.165, 1.54) is 6.42 Å². The van der Waals surface area contributed by atoms with Crippen LogP contribution in [0.15, 0.2) is 103 Å². The van der Waals surface area contributed by atoms with E-state index in [-0.39, 0.29) is 12.1 Å². The molecule has 0 aliphatic heterocycles. The Morgan fingerprint density at radius 1 is 0.700 bits per heavy atom. The lowest BCUT2D eigenvalue weighted by molar-refractivity contribution is -0.144. The molecule has 3 aromatic rings. The Morgan fingerprint density at radius 3 is 1.50 bits per heavy atom. The van der Waals surface area contributed by atoms with Gasteiger partial charge < -0.3 is 4.74 Å². The van der Waals surface area contributed by atoms with E-state index in [2.05, 4.69) is 43.0 Å². The van der Waals surface area contributed by atoms with Crippen molar-refractivity contribution in [3.63, 3.8) is 0 Å². The Kier molecular flexibility index (Phi) is 6.29. The average Bonchev–Trinajstić information content (AvgIpc) is 2.82. The smallest absolute Gasteiger partial charge is 0.330 e. The van der Waals surface area contributed by atoms with E-state index in [0.29, 0.717) is 5.20 Å². The van der Waals surface area contributed by atoms with Gasteiger partial charge in [-0.05, 0) is 41.2 Å². The molecule has 3 heteroatoms. The molecule has 0 aromatic heterocycles. The summed E-state index contributed by atoms with van der Waals surface area (Å²) >= 11 is 0. The Hall–Kier alpha value is -2.91. The summed E-state index contributed by atoms with van der Waals surface area (Å²) in [5, 5.41) is 4.03. The number of carbonyl (C=O) groups excluding carboxylic acids is 1. The predicted octanol–water partition coefficient (Wildman–Crippen LogP) is 4.13. The van der Waals surface area contributed by atoms with Gasteiger partial charge in [-0.15, -0.1) is 0 Å². The standard InChI is InChI=1S/C27H28O2Si/c1-22(27(28)29-23-14-6-2-7-15-23)30(24-16-8-3-9-17-24,25-18-10-4-11-19-25)26-20-12-5-13-21-26/h3-5,8-13,16-21,23H,1-2,6-7,14-15H2. The number of rotatable bonds is 6. The lowest BCUT2D eigenvalue weighted by Gasteiger charge is -2.35. The minimum atomic E-state index is -2.84. The molecule has 0 N–H and O–H groups in total. The fraction of sp³-hybridized carbons (Fsp3) is 0.222. The molecule has 1 saturated carbocycles. The SMILES string of the molecule is C=C(C(=O)OC1CCCCC1)[Si](c1ccccc1)(c1ccccc1)c1ccccc1. The van der Waals surface area contributed by atoms with Crippen molar-refractivity contribution in [1.29, 1.82) is 0 Å². The van der Waals surface area contributed by atoms with Crippen LogP contribution in [0.2, 0.25) is 0 Å². The van der Waals surface area contributed by atoms with Gasteiger partial charge in [-0.2, -0.15) is 0 Å². The second kappa shape index (κ2) is 9.27. The van der Waals surface area contributed by atoms with Gasteiger partial charge in [0.15, 0.2) is 8.07 Å². The van der Waals surface area contributed by atoms with E-state index in [9.17, 15) is 4.79 Å². The molecule has 0 heterocycles. The predicted molar refractivity (Wildman–Crippen MR) is 126 cm³/mol. The molecule has 4 rings (SSSR count). The van der Waals surface area contributed by atoms with E-state index in [0.717, 1.165) is 41.2 Å². The second-order valence-electron chi connectivity index (χ2n) is 7.99. The molecule has 1 aliphatic rings. The molecule has 0 bridgehead atoms. The lowest BCUT2D eigenvalue weighted by atomic mass is 9.98. The summed E-state index contributed by atoms with van der Waals surface area (Å²) < 4.78 is 6.02. The van der Waals surface area contributed by atoms with Crippen molar-refractivity contribution in [2.45, 2.75) is 38.2 Å². The first-order chi connectivity index (χ1) is 14.7. The summed E-state index contributed by atoms with van der Waals surface area (Å²) in [5.41, 5.74) is 0. The second-order valence-corrected chi connectivity index (χ2v) is 11.8. The van der Waals surface area contributed by atoms with Crippen LogP contribution in [0.1, 0.15) is 32.1 Å². The molecule has 0 atom stereocenters. The number of esters is 1. The Labute approximate surface area is 180 Å². The highest BCUT2D eigenvalue weighted by molar-refractivity contribution is 7.18. The molecule has 1 fully saturated rings. The highest BCUT2D eigenvalue weighted by Crippen LogP contribution is 2.23. The van der Waals surface area contributed by atoms with Crippen LogP contribution in [-0.4, -0.2) is 20.1 Å². The van der Waals surface area contributed by atoms with E-state index in [1.807, 2.05) is 54.6 Å². The molecule has 0 unspecified atom stereocenters. The molecule has 2 nitrogen and oxygen atoms in total. The van der Waals surface area contributed by atoms with Crippen LogP contribution in [0.5, 0.6) is 0 Å². The van der Waals surface area contributed by atoms with Crippen molar-refractivity contribution >= 4 is 29.6 Å². The Bertz CT molecular complexity index is 880. The fourth-order valence-corrected chi connectivity index (χ4v) is 9.13. The summed E-state index contributed by atoms with van der Waals surface area (Å²) in [6.45, 7) is 4.41. The maximum Gasteiger partial charge on any atom is 0.330 e. The van der Waals surface area contributed by atoms with Crippen LogP contribution in [0.25, 0.3) is 0 Å². The van der Waals surface area contributed by atoms with Gasteiger partial charge in [-0.1, -0.05) is 104 Å². The molecule has 0 amide bonds. The molecule has 1 aliphatic carbocycles. The highest BCUT2D eigenvalue weighted by Gasteiger charge is 2.46. The molecule has 30 heavy (non-hydrogen) atoms. The van der Waals surface area contributed by atoms with Gasteiger partial charge in [0, 0.05) is 5.20 Å². The van der Waals surface area contributed by atoms with E-state index in [4.69, 9.17) is 4.74 Å². The molecule has 0 radical (unpaired) electrons. The number of hydrogen-bond donors (Lipinski definition) is 0. The topological polar surface area (TPSA) is 26.3 Å². The van der Waals surface area contributed by atoms with Crippen molar-refractivity contribution in [1.82, 2.24) is 0 Å². The van der Waals surface area contributed by atoms with Gasteiger partial charge >= 0.3 is 5.97 Å². The van der Waals surface area contributed by atoms with Crippen molar-refractivity contribution in [3.8, 4) is 0 Å². The molecular formula is C27H28O2Si. The summed E-state index contributed by atoms with van der Waals surface area (Å²) in [6.07, 6.45) is 5.40. The van der Waals surface area contributed by atoms with Crippen LogP contribution < -0.4 is 15.6 Å². The third-order valence-electron chi connectivity index (χ3n) is 6.15. The van der Waals surface area contributed by atoms with Crippen molar-refractivity contribution in [2.24, 2.45) is 0 Å². The zero-order chi connectivity index (χ0) is 20.8. The quantitative estimate of drug-likeness (QED) is 0.263. The maximum atomic E-state index is 13.5. The van der Waals surface area contributed by atoms with Crippen LogP contribution in [0.3, 0.4) is 0 Å².